The van der Waals surface area contributed by atoms with E-state index in [-0.39, 0.29) is 0 Å². The minimum atomic E-state index is 0.512. The summed E-state index contributed by atoms with van der Waals surface area (Å²) < 4.78 is 0. The summed E-state index contributed by atoms with van der Waals surface area (Å²) in [7, 11) is 0. The molecule has 0 amide bonds. The smallest absolute Gasteiger partial charge is 0.161 e. The van der Waals surface area contributed by atoms with Crippen LogP contribution in [0.1, 0.15) is 121 Å². The van der Waals surface area contributed by atoms with E-state index < -0.39 is 0 Å². The Morgan fingerprint density at radius 2 is 1.07 bits per heavy atom. The van der Waals surface area contributed by atoms with Crippen molar-refractivity contribution < 1.29 is 0 Å². The highest BCUT2D eigenvalue weighted by molar-refractivity contribution is 8.13. The predicted octanol–water partition coefficient (Wildman–Crippen LogP) is 10.4. The van der Waals surface area contributed by atoms with E-state index in [1.54, 1.807) is 23.5 Å². The molecule has 0 fully saturated rings. The first-order valence-corrected chi connectivity index (χ1v) is 18.3. The summed E-state index contributed by atoms with van der Waals surface area (Å²) in [5.41, 5.74) is 7.85. The lowest BCUT2D eigenvalue weighted by Crippen LogP contribution is -2.23. The first-order valence-electron chi connectivity index (χ1n) is 15.9. The molecule has 0 heterocycles. The molecule has 0 aliphatic heterocycles. The van der Waals surface area contributed by atoms with E-state index in [1.807, 2.05) is 0 Å². The van der Waals surface area contributed by atoms with Crippen LogP contribution in [0.25, 0.3) is 0 Å². The first kappa shape index (κ1) is 35.3. The van der Waals surface area contributed by atoms with E-state index >= 15 is 0 Å². The molecular weight excluding hydrogens is 541 g/mol. The fourth-order valence-electron chi connectivity index (χ4n) is 5.01. The maximum Gasteiger partial charge on any atom is 0.161 e. The number of nitrogens with zero attached hydrogens (tertiary/aromatic N) is 2. The summed E-state index contributed by atoms with van der Waals surface area (Å²) in [4.78, 5) is 10.3. The Morgan fingerprint density at radius 1 is 0.659 bits per heavy atom. The van der Waals surface area contributed by atoms with Crippen LogP contribution in [0.2, 0.25) is 0 Å². The Bertz CT molecular complexity index is 1010. The molecule has 2 aromatic rings. The van der Waals surface area contributed by atoms with Gasteiger partial charge >= 0.3 is 0 Å². The molecule has 2 aromatic carbocycles. The second kappa shape index (κ2) is 20.1. The van der Waals surface area contributed by atoms with Gasteiger partial charge in [-0.05, 0) is 91.5 Å². The van der Waals surface area contributed by atoms with Gasteiger partial charge in [0.15, 0.2) is 10.3 Å². The van der Waals surface area contributed by atoms with Gasteiger partial charge in [0, 0.05) is 13.1 Å². The van der Waals surface area contributed by atoms with Crippen LogP contribution in [0.4, 0.5) is 11.4 Å². The van der Waals surface area contributed by atoms with E-state index in [4.69, 9.17) is 9.98 Å². The first-order chi connectivity index (χ1) is 19.9. The molecule has 0 bridgehead atoms. The summed E-state index contributed by atoms with van der Waals surface area (Å²) in [6.45, 7) is 15.5. The van der Waals surface area contributed by atoms with Crippen LogP contribution in [0.3, 0.4) is 0 Å². The number of rotatable bonds is 16. The molecule has 2 N–H and O–H groups in total. The average molecular weight is 597 g/mol. The standard InChI is InChI=1S/C35H56N4S2/c1-9-18-28-20-16-22-30(26(5)11-3)32(28)38-34(40-7)36-24-14-13-15-25-37-35(41-8)39-33-29(19-10-2)21-17-23-31(33)27(6)12-4/h16-17,20-23,26-27H,9-15,18-19,24-25H2,1-8H3,(H,36,38)(H,37,39). The zero-order valence-electron chi connectivity index (χ0n) is 27.1. The molecule has 6 heteroatoms. The van der Waals surface area contributed by atoms with E-state index in [0.29, 0.717) is 11.8 Å². The molecule has 41 heavy (non-hydrogen) atoms. The Labute approximate surface area is 260 Å². The molecule has 0 aliphatic carbocycles. The number of amidine groups is 2. The molecule has 2 unspecified atom stereocenters. The Balaban J connectivity index is 1.95. The maximum absolute atomic E-state index is 5.16. The quantitative estimate of drug-likeness (QED) is 0.115. The molecule has 0 saturated carbocycles. The van der Waals surface area contributed by atoms with Gasteiger partial charge in [0.2, 0.25) is 0 Å². The topological polar surface area (TPSA) is 48.8 Å². The maximum atomic E-state index is 5.16. The highest BCUT2D eigenvalue weighted by Crippen LogP contribution is 2.35. The lowest BCUT2D eigenvalue weighted by atomic mass is 9.93. The van der Waals surface area contributed by atoms with E-state index in [0.717, 1.165) is 74.8 Å². The Hall–Kier alpha value is -1.92. The van der Waals surface area contributed by atoms with Crippen molar-refractivity contribution in [2.45, 2.75) is 111 Å². The average Bonchev–Trinajstić information content (AvgIpc) is 2.99. The second-order valence-electron chi connectivity index (χ2n) is 11.0. The lowest BCUT2D eigenvalue weighted by Gasteiger charge is -2.17. The van der Waals surface area contributed by atoms with Crippen molar-refractivity contribution in [2.24, 2.45) is 9.98 Å². The third-order valence-corrected chi connectivity index (χ3v) is 9.09. The largest absolute Gasteiger partial charge is 0.365 e. The number of hydrogen-bond acceptors (Lipinski definition) is 4. The predicted molar refractivity (Wildman–Crippen MR) is 189 cm³/mol. The minimum absolute atomic E-state index is 0.512. The molecule has 4 nitrogen and oxygen atoms in total. The number of nitrogens with one attached hydrogen (secondary N) is 2. The fourth-order valence-corrected chi connectivity index (χ4v) is 5.87. The van der Waals surface area contributed by atoms with Crippen LogP contribution in [-0.4, -0.2) is 35.9 Å². The van der Waals surface area contributed by atoms with Crippen molar-refractivity contribution in [1.29, 1.82) is 0 Å². The molecule has 2 atom stereocenters. The molecule has 0 saturated heterocycles. The molecule has 2 rings (SSSR count). The van der Waals surface area contributed by atoms with Crippen molar-refractivity contribution >= 4 is 45.2 Å². The summed E-state index contributed by atoms with van der Waals surface area (Å²) in [6.07, 6.45) is 14.3. The van der Waals surface area contributed by atoms with Crippen molar-refractivity contribution in [3.05, 3.63) is 58.7 Å². The molecule has 0 radical (unpaired) electrons. The van der Waals surface area contributed by atoms with E-state index in [9.17, 15) is 0 Å². The summed E-state index contributed by atoms with van der Waals surface area (Å²) in [5.74, 6) is 1.02. The highest BCUT2D eigenvalue weighted by Gasteiger charge is 2.15. The van der Waals surface area contributed by atoms with Gasteiger partial charge in [0.05, 0.1) is 11.4 Å². The summed E-state index contributed by atoms with van der Waals surface area (Å²) >= 11 is 3.43. The molecule has 0 spiro atoms. The van der Waals surface area contributed by atoms with Crippen molar-refractivity contribution in [3.63, 3.8) is 0 Å². The molecular formula is C35H56N4S2. The minimum Gasteiger partial charge on any atom is -0.365 e. The van der Waals surface area contributed by atoms with Gasteiger partial charge in [-0.15, -0.1) is 0 Å². The monoisotopic (exact) mass is 596 g/mol. The number of para-hydroxylation sites is 2. The Kier molecular flexibility index (Phi) is 17.3. The van der Waals surface area contributed by atoms with Crippen LogP contribution in [0, 0.1) is 0 Å². The van der Waals surface area contributed by atoms with Gasteiger partial charge < -0.3 is 10.6 Å². The summed E-state index contributed by atoms with van der Waals surface area (Å²) in [5, 5.41) is 9.29. The normalized spacial score (nSPS) is 13.8. The Morgan fingerprint density at radius 3 is 1.41 bits per heavy atom. The van der Waals surface area contributed by atoms with E-state index in [2.05, 4.69) is 101 Å². The van der Waals surface area contributed by atoms with Gasteiger partial charge in [-0.1, -0.05) is 114 Å². The highest BCUT2D eigenvalue weighted by atomic mass is 32.2. The van der Waals surface area contributed by atoms with Crippen LogP contribution < -0.4 is 10.6 Å². The number of aliphatic imine (C=N–C) groups is 2. The number of thioether (sulfide) groups is 2. The van der Waals surface area contributed by atoms with Crippen LogP contribution >= 0.6 is 23.5 Å². The fraction of sp³-hybridized carbons (Fsp3) is 0.600. The van der Waals surface area contributed by atoms with Crippen LogP contribution in [0.15, 0.2) is 46.4 Å². The van der Waals surface area contributed by atoms with Gasteiger partial charge in [-0.25, -0.2) is 9.98 Å². The van der Waals surface area contributed by atoms with E-state index in [1.165, 1.54) is 40.0 Å². The van der Waals surface area contributed by atoms with Gasteiger partial charge in [-0.2, -0.15) is 0 Å². The third kappa shape index (κ3) is 11.4. The van der Waals surface area contributed by atoms with Crippen molar-refractivity contribution in [1.82, 2.24) is 10.6 Å². The number of unbranched alkanes of at least 4 members (excludes halogenated alkanes) is 2. The second-order valence-corrected chi connectivity index (χ2v) is 12.6. The van der Waals surface area contributed by atoms with Crippen LogP contribution in [-0.2, 0) is 12.8 Å². The van der Waals surface area contributed by atoms with Gasteiger partial charge in [0.1, 0.15) is 0 Å². The molecule has 228 valence electrons. The number of benzene rings is 2. The van der Waals surface area contributed by atoms with Crippen LogP contribution in [0.5, 0.6) is 0 Å². The van der Waals surface area contributed by atoms with Gasteiger partial charge in [-0.3, -0.25) is 0 Å². The summed E-state index contributed by atoms with van der Waals surface area (Å²) in [6, 6.07) is 13.4. The van der Waals surface area contributed by atoms with Crippen molar-refractivity contribution in [2.75, 3.05) is 25.6 Å². The zero-order chi connectivity index (χ0) is 30.0. The lowest BCUT2D eigenvalue weighted by molar-refractivity contribution is 0.655. The third-order valence-electron chi connectivity index (χ3n) is 7.85. The molecule has 0 aromatic heterocycles. The SMILES string of the molecule is CCCc1cccc(C(C)CC)c1/N=C(/NCCCCCN/C(=N\c1c(CCC)cccc1C(C)CC)SC)SC. The molecule has 0 aliphatic rings. The van der Waals surface area contributed by atoms with Crippen molar-refractivity contribution in [3.8, 4) is 0 Å². The zero-order valence-corrected chi connectivity index (χ0v) is 28.7. The number of hydrogen-bond donors (Lipinski definition) is 2. The van der Waals surface area contributed by atoms with Gasteiger partial charge in [0.25, 0.3) is 0 Å². The number of aryl methyl sites for hydroxylation is 2.